The van der Waals surface area contributed by atoms with E-state index in [1.54, 1.807) is 13.8 Å². The molecular formula is C14H17NO2. The van der Waals surface area contributed by atoms with Crippen molar-refractivity contribution in [1.82, 2.24) is 4.98 Å². The van der Waals surface area contributed by atoms with Crippen LogP contribution in [0.4, 0.5) is 0 Å². The van der Waals surface area contributed by atoms with E-state index in [4.69, 9.17) is 0 Å². The average Bonchev–Trinajstić information content (AvgIpc) is 2.72. The van der Waals surface area contributed by atoms with Gasteiger partial charge in [-0.1, -0.05) is 19.1 Å². The van der Waals surface area contributed by atoms with Crippen molar-refractivity contribution in [3.63, 3.8) is 0 Å². The van der Waals surface area contributed by atoms with Gasteiger partial charge in [0.15, 0.2) is 0 Å². The van der Waals surface area contributed by atoms with E-state index in [1.165, 1.54) is 5.56 Å². The molecule has 0 atom stereocenters. The van der Waals surface area contributed by atoms with Gasteiger partial charge in [0.1, 0.15) is 5.41 Å². The van der Waals surface area contributed by atoms with E-state index in [9.17, 15) is 9.90 Å². The zero-order valence-corrected chi connectivity index (χ0v) is 10.4. The second-order valence-corrected chi connectivity index (χ2v) is 4.85. The molecule has 0 aliphatic rings. The molecule has 0 unspecified atom stereocenters. The Hall–Kier alpha value is -1.77. The topological polar surface area (TPSA) is 53.1 Å². The molecule has 17 heavy (non-hydrogen) atoms. The van der Waals surface area contributed by atoms with Crippen molar-refractivity contribution in [2.75, 3.05) is 0 Å². The summed E-state index contributed by atoms with van der Waals surface area (Å²) in [6, 6.07) is 8.02. The Morgan fingerprint density at radius 3 is 2.71 bits per heavy atom. The van der Waals surface area contributed by atoms with Gasteiger partial charge in [0, 0.05) is 16.6 Å². The fourth-order valence-corrected chi connectivity index (χ4v) is 1.98. The van der Waals surface area contributed by atoms with Gasteiger partial charge < -0.3 is 10.1 Å². The molecule has 1 aromatic heterocycles. The average molecular weight is 231 g/mol. The third-order valence-electron chi connectivity index (χ3n) is 3.34. The van der Waals surface area contributed by atoms with Crippen molar-refractivity contribution in [3.05, 3.63) is 35.5 Å². The maximum Gasteiger partial charge on any atom is 0.315 e. The largest absolute Gasteiger partial charge is 0.481 e. The van der Waals surface area contributed by atoms with E-state index in [2.05, 4.69) is 18.0 Å². The zero-order chi connectivity index (χ0) is 12.6. The highest BCUT2D eigenvalue weighted by Crippen LogP contribution is 2.28. The molecule has 1 aromatic carbocycles. The summed E-state index contributed by atoms with van der Waals surface area (Å²) in [4.78, 5) is 14.4. The SMILES string of the molecule is CCc1cccc2[nH]c(C(C)(C)C(=O)O)cc12. The number of H-pyrrole nitrogens is 1. The van der Waals surface area contributed by atoms with E-state index in [0.717, 1.165) is 23.0 Å². The first-order chi connectivity index (χ1) is 7.96. The number of nitrogens with one attached hydrogen (secondary N) is 1. The summed E-state index contributed by atoms with van der Waals surface area (Å²) in [5, 5.41) is 10.4. The van der Waals surface area contributed by atoms with Gasteiger partial charge in [-0.3, -0.25) is 4.79 Å². The van der Waals surface area contributed by atoms with Crippen molar-refractivity contribution in [2.45, 2.75) is 32.6 Å². The fourth-order valence-electron chi connectivity index (χ4n) is 1.98. The Balaban J connectivity index is 2.63. The number of benzene rings is 1. The first-order valence-electron chi connectivity index (χ1n) is 5.81. The van der Waals surface area contributed by atoms with Crippen LogP contribution in [0.2, 0.25) is 0 Å². The fraction of sp³-hybridized carbons (Fsp3) is 0.357. The molecule has 0 saturated carbocycles. The summed E-state index contributed by atoms with van der Waals surface area (Å²) >= 11 is 0. The van der Waals surface area contributed by atoms with Gasteiger partial charge in [-0.2, -0.15) is 0 Å². The maximum absolute atomic E-state index is 11.2. The van der Waals surface area contributed by atoms with Crippen LogP contribution in [0.25, 0.3) is 10.9 Å². The van der Waals surface area contributed by atoms with Crippen LogP contribution in [0, 0.1) is 0 Å². The Bertz CT molecular complexity index is 567. The molecule has 3 heteroatoms. The van der Waals surface area contributed by atoms with Crippen LogP contribution in [-0.2, 0) is 16.6 Å². The third kappa shape index (κ3) is 1.82. The highest BCUT2D eigenvalue weighted by Gasteiger charge is 2.31. The third-order valence-corrected chi connectivity index (χ3v) is 3.34. The highest BCUT2D eigenvalue weighted by molar-refractivity contribution is 5.87. The van der Waals surface area contributed by atoms with E-state index in [0.29, 0.717) is 0 Å². The van der Waals surface area contributed by atoms with Gasteiger partial charge in [0.25, 0.3) is 0 Å². The normalized spacial score (nSPS) is 11.9. The smallest absolute Gasteiger partial charge is 0.315 e. The minimum atomic E-state index is -0.885. The monoisotopic (exact) mass is 231 g/mol. The van der Waals surface area contributed by atoms with Crippen LogP contribution in [-0.4, -0.2) is 16.1 Å². The standard InChI is InChI=1S/C14H17NO2/c1-4-9-6-5-7-11-10(9)8-12(15-11)14(2,3)13(16)17/h5-8,15H,4H2,1-3H3,(H,16,17). The summed E-state index contributed by atoms with van der Waals surface area (Å²) in [7, 11) is 0. The molecule has 0 bridgehead atoms. The molecule has 0 fully saturated rings. The second kappa shape index (κ2) is 3.91. The molecule has 0 aliphatic heterocycles. The highest BCUT2D eigenvalue weighted by atomic mass is 16.4. The van der Waals surface area contributed by atoms with E-state index < -0.39 is 11.4 Å². The summed E-state index contributed by atoms with van der Waals surface area (Å²) < 4.78 is 0. The van der Waals surface area contributed by atoms with Gasteiger partial charge in [0.05, 0.1) is 0 Å². The summed E-state index contributed by atoms with van der Waals surface area (Å²) in [6.45, 7) is 5.53. The Labute approximate surface area is 100 Å². The van der Waals surface area contributed by atoms with Gasteiger partial charge in [-0.25, -0.2) is 0 Å². The number of fused-ring (bicyclic) bond motifs is 1. The lowest BCUT2D eigenvalue weighted by Gasteiger charge is -2.16. The predicted molar refractivity (Wildman–Crippen MR) is 68.3 cm³/mol. The number of aryl methyl sites for hydroxylation is 1. The first-order valence-corrected chi connectivity index (χ1v) is 5.81. The van der Waals surface area contributed by atoms with Gasteiger partial charge in [-0.15, -0.1) is 0 Å². The van der Waals surface area contributed by atoms with Gasteiger partial charge >= 0.3 is 5.97 Å². The number of carboxylic acid groups (broad SMARTS) is 1. The molecule has 90 valence electrons. The molecule has 0 amide bonds. The lowest BCUT2D eigenvalue weighted by atomic mass is 9.89. The number of rotatable bonds is 3. The van der Waals surface area contributed by atoms with Crippen LogP contribution < -0.4 is 0 Å². The molecule has 3 nitrogen and oxygen atoms in total. The summed E-state index contributed by atoms with van der Waals surface area (Å²) in [5.41, 5.74) is 2.12. The number of carboxylic acids is 1. The Morgan fingerprint density at radius 2 is 2.12 bits per heavy atom. The minimum absolute atomic E-state index is 0.751. The molecule has 2 N–H and O–H groups in total. The molecule has 1 heterocycles. The Morgan fingerprint density at radius 1 is 1.41 bits per heavy atom. The van der Waals surface area contributed by atoms with Crippen LogP contribution in [0.5, 0.6) is 0 Å². The molecule has 0 aliphatic carbocycles. The number of hydrogen-bond donors (Lipinski definition) is 2. The molecule has 0 radical (unpaired) electrons. The molecule has 0 saturated heterocycles. The summed E-state index contributed by atoms with van der Waals surface area (Å²) in [5.74, 6) is -0.817. The number of hydrogen-bond acceptors (Lipinski definition) is 1. The zero-order valence-electron chi connectivity index (χ0n) is 10.4. The van der Waals surface area contributed by atoms with E-state index >= 15 is 0 Å². The van der Waals surface area contributed by atoms with E-state index in [1.807, 2.05) is 18.2 Å². The molecule has 2 aromatic rings. The maximum atomic E-state index is 11.2. The van der Waals surface area contributed by atoms with Crippen LogP contribution in [0.3, 0.4) is 0 Å². The lowest BCUT2D eigenvalue weighted by Crippen LogP contribution is -2.28. The van der Waals surface area contributed by atoms with Crippen molar-refractivity contribution >= 4 is 16.9 Å². The number of aromatic nitrogens is 1. The number of aliphatic carboxylic acids is 1. The van der Waals surface area contributed by atoms with Crippen molar-refractivity contribution in [1.29, 1.82) is 0 Å². The minimum Gasteiger partial charge on any atom is -0.481 e. The second-order valence-electron chi connectivity index (χ2n) is 4.85. The lowest BCUT2D eigenvalue weighted by molar-refractivity contribution is -0.142. The number of carbonyl (C=O) groups is 1. The van der Waals surface area contributed by atoms with Gasteiger partial charge in [0.2, 0.25) is 0 Å². The Kier molecular flexibility index (Phi) is 2.69. The van der Waals surface area contributed by atoms with Gasteiger partial charge in [-0.05, 0) is 38.0 Å². The quantitative estimate of drug-likeness (QED) is 0.852. The first kappa shape index (κ1) is 11.7. The number of aromatic amines is 1. The van der Waals surface area contributed by atoms with Crippen molar-refractivity contribution in [2.24, 2.45) is 0 Å². The summed E-state index contributed by atoms with van der Waals surface area (Å²) in [6.07, 6.45) is 0.947. The molecular weight excluding hydrogens is 214 g/mol. The van der Waals surface area contributed by atoms with Crippen molar-refractivity contribution < 1.29 is 9.90 Å². The van der Waals surface area contributed by atoms with Crippen molar-refractivity contribution in [3.8, 4) is 0 Å². The van der Waals surface area contributed by atoms with Crippen LogP contribution in [0.15, 0.2) is 24.3 Å². The van der Waals surface area contributed by atoms with E-state index in [-0.39, 0.29) is 0 Å². The predicted octanol–water partition coefficient (Wildman–Crippen LogP) is 3.09. The van der Waals surface area contributed by atoms with Crippen LogP contribution in [0.1, 0.15) is 32.0 Å². The molecule has 2 rings (SSSR count). The van der Waals surface area contributed by atoms with Crippen LogP contribution >= 0.6 is 0 Å². The molecule has 0 spiro atoms.